The van der Waals surface area contributed by atoms with Crippen molar-refractivity contribution in [3.05, 3.63) is 54.2 Å². The molecule has 0 aliphatic carbocycles. The van der Waals surface area contributed by atoms with Crippen molar-refractivity contribution in [2.75, 3.05) is 6.54 Å². The molecule has 0 aromatic heterocycles. The molecule has 1 atom stereocenters. The monoisotopic (exact) mass is 228 g/mol. The summed E-state index contributed by atoms with van der Waals surface area (Å²) in [6.07, 6.45) is 1.54. The van der Waals surface area contributed by atoms with E-state index in [1.807, 2.05) is 18.2 Å². The van der Waals surface area contributed by atoms with E-state index in [2.05, 4.69) is 29.9 Å². The fourth-order valence-corrected chi connectivity index (χ4v) is 2.06. The first-order valence-electron chi connectivity index (χ1n) is 5.62. The predicted octanol–water partition coefficient (Wildman–Crippen LogP) is 1.47. The van der Waals surface area contributed by atoms with E-state index in [-0.39, 0.29) is 6.04 Å². The van der Waals surface area contributed by atoms with Gasteiger partial charge in [-0.15, -0.1) is 0 Å². The third-order valence-corrected chi connectivity index (χ3v) is 3.04. The second-order valence-corrected chi connectivity index (χ2v) is 4.18. The largest absolute Gasteiger partial charge is 0.383 e. The summed E-state index contributed by atoms with van der Waals surface area (Å²) in [6, 6.07) is 8.17. The zero-order chi connectivity index (χ0) is 12.3. The maximum absolute atomic E-state index is 10.6. The van der Waals surface area contributed by atoms with Crippen LogP contribution in [0.1, 0.15) is 11.1 Å². The van der Waals surface area contributed by atoms with Gasteiger partial charge < -0.3 is 10.6 Å². The van der Waals surface area contributed by atoms with E-state index in [0.29, 0.717) is 6.54 Å². The van der Waals surface area contributed by atoms with Gasteiger partial charge in [-0.2, -0.15) is 0 Å². The van der Waals surface area contributed by atoms with E-state index in [0.717, 1.165) is 29.7 Å². The lowest BCUT2D eigenvalue weighted by Gasteiger charge is -2.25. The van der Waals surface area contributed by atoms with Crippen molar-refractivity contribution < 1.29 is 4.79 Å². The standard InChI is InChI=1S/C14H16N2O/c1-10-11(2)15-8-13(16-9-17)7-12-5-3-4-6-14(10)12/h3-6,9,13,15H,1-2,7-8H2,(H,16,17)/t13-/m0/s1. The normalized spacial score (nSPS) is 19.6. The Morgan fingerprint density at radius 3 is 2.88 bits per heavy atom. The number of rotatable bonds is 2. The van der Waals surface area contributed by atoms with E-state index in [1.54, 1.807) is 0 Å². The number of nitrogens with one attached hydrogen (secondary N) is 2. The molecule has 2 rings (SSSR count). The summed E-state index contributed by atoms with van der Waals surface area (Å²) in [4.78, 5) is 10.6. The minimum atomic E-state index is 0.0819. The quantitative estimate of drug-likeness (QED) is 0.753. The van der Waals surface area contributed by atoms with Gasteiger partial charge in [-0.3, -0.25) is 4.79 Å². The highest BCUT2D eigenvalue weighted by Crippen LogP contribution is 2.24. The second-order valence-electron chi connectivity index (χ2n) is 4.18. The van der Waals surface area contributed by atoms with Crippen LogP contribution in [0.3, 0.4) is 0 Å². The van der Waals surface area contributed by atoms with Crippen LogP contribution >= 0.6 is 0 Å². The van der Waals surface area contributed by atoms with Crippen molar-refractivity contribution in [2.24, 2.45) is 0 Å². The lowest BCUT2D eigenvalue weighted by Crippen LogP contribution is -2.40. The molecule has 1 aliphatic rings. The van der Waals surface area contributed by atoms with Crippen molar-refractivity contribution in [1.82, 2.24) is 10.6 Å². The Hall–Kier alpha value is -2.03. The number of amides is 1. The molecule has 1 aromatic carbocycles. The topological polar surface area (TPSA) is 41.1 Å². The summed E-state index contributed by atoms with van der Waals surface area (Å²) < 4.78 is 0. The van der Waals surface area contributed by atoms with Crippen LogP contribution in [0.25, 0.3) is 5.57 Å². The number of hydrogen-bond acceptors (Lipinski definition) is 2. The Labute approximate surface area is 101 Å². The van der Waals surface area contributed by atoms with Gasteiger partial charge in [-0.25, -0.2) is 0 Å². The van der Waals surface area contributed by atoms with Gasteiger partial charge in [0.15, 0.2) is 0 Å². The molecule has 3 heteroatoms. The molecular formula is C14H16N2O. The number of fused-ring (bicyclic) bond motifs is 1. The molecule has 0 spiro atoms. The third kappa shape index (κ3) is 2.38. The number of carbonyl (C=O) groups is 1. The number of benzene rings is 1. The van der Waals surface area contributed by atoms with Crippen molar-refractivity contribution >= 4 is 12.0 Å². The summed E-state index contributed by atoms with van der Waals surface area (Å²) in [5.74, 6) is 0. The second kappa shape index (κ2) is 4.87. The molecular weight excluding hydrogens is 212 g/mol. The molecule has 0 bridgehead atoms. The average Bonchev–Trinajstić information content (AvgIpc) is 2.34. The highest BCUT2D eigenvalue weighted by molar-refractivity contribution is 5.78. The van der Waals surface area contributed by atoms with E-state index in [4.69, 9.17) is 0 Å². The van der Waals surface area contributed by atoms with Crippen LogP contribution in [0.15, 0.2) is 43.1 Å². The smallest absolute Gasteiger partial charge is 0.207 e. The molecule has 0 fully saturated rings. The first-order valence-corrected chi connectivity index (χ1v) is 5.62. The molecule has 3 nitrogen and oxygen atoms in total. The number of allylic oxidation sites excluding steroid dienone is 1. The first-order chi connectivity index (χ1) is 8.22. The fourth-order valence-electron chi connectivity index (χ4n) is 2.06. The fraction of sp³-hybridized carbons (Fsp3) is 0.214. The van der Waals surface area contributed by atoms with E-state index in [1.165, 1.54) is 5.56 Å². The molecule has 0 unspecified atom stereocenters. The minimum absolute atomic E-state index is 0.0819. The van der Waals surface area contributed by atoms with Crippen LogP contribution in [0.4, 0.5) is 0 Å². The van der Waals surface area contributed by atoms with Crippen LogP contribution in [-0.2, 0) is 11.2 Å². The first kappa shape index (κ1) is 11.5. The minimum Gasteiger partial charge on any atom is -0.383 e. The van der Waals surface area contributed by atoms with Crippen LogP contribution in [0.5, 0.6) is 0 Å². The van der Waals surface area contributed by atoms with Crippen molar-refractivity contribution in [2.45, 2.75) is 12.5 Å². The molecule has 0 radical (unpaired) electrons. The number of hydrogen-bond donors (Lipinski definition) is 2. The highest BCUT2D eigenvalue weighted by atomic mass is 16.1. The Kier molecular flexibility index (Phi) is 3.28. The summed E-state index contributed by atoms with van der Waals surface area (Å²) in [5.41, 5.74) is 4.03. The van der Waals surface area contributed by atoms with Crippen molar-refractivity contribution in [3.8, 4) is 0 Å². The molecule has 17 heavy (non-hydrogen) atoms. The molecule has 1 amide bonds. The molecule has 1 aliphatic heterocycles. The summed E-state index contributed by atoms with van der Waals surface area (Å²) in [7, 11) is 0. The van der Waals surface area contributed by atoms with Crippen LogP contribution in [-0.4, -0.2) is 19.0 Å². The molecule has 88 valence electrons. The number of carbonyl (C=O) groups excluding carboxylic acids is 1. The van der Waals surface area contributed by atoms with Gasteiger partial charge in [0, 0.05) is 18.3 Å². The maximum atomic E-state index is 10.6. The van der Waals surface area contributed by atoms with Gasteiger partial charge in [-0.05, 0) is 23.1 Å². The van der Waals surface area contributed by atoms with Gasteiger partial charge in [0.25, 0.3) is 0 Å². The highest BCUT2D eigenvalue weighted by Gasteiger charge is 2.17. The Morgan fingerprint density at radius 2 is 2.12 bits per heavy atom. The maximum Gasteiger partial charge on any atom is 0.207 e. The zero-order valence-electron chi connectivity index (χ0n) is 9.70. The van der Waals surface area contributed by atoms with Gasteiger partial charge in [0.05, 0.1) is 0 Å². The van der Waals surface area contributed by atoms with Gasteiger partial charge >= 0.3 is 0 Å². The van der Waals surface area contributed by atoms with E-state index < -0.39 is 0 Å². The summed E-state index contributed by atoms with van der Waals surface area (Å²) >= 11 is 0. The Bertz CT molecular complexity index is 465. The Morgan fingerprint density at radius 1 is 1.35 bits per heavy atom. The van der Waals surface area contributed by atoms with Crippen molar-refractivity contribution in [1.29, 1.82) is 0 Å². The van der Waals surface area contributed by atoms with Crippen molar-refractivity contribution in [3.63, 3.8) is 0 Å². The SMILES string of the molecule is C=C1NC[C@@H](NC=O)Cc2ccccc2C1=C. The summed E-state index contributed by atoms with van der Waals surface area (Å²) in [6.45, 7) is 8.69. The lowest BCUT2D eigenvalue weighted by molar-refractivity contribution is -0.110. The van der Waals surface area contributed by atoms with E-state index >= 15 is 0 Å². The molecule has 2 N–H and O–H groups in total. The summed E-state index contributed by atoms with van der Waals surface area (Å²) in [5, 5.41) is 6.01. The average molecular weight is 228 g/mol. The molecule has 0 saturated carbocycles. The van der Waals surface area contributed by atoms with Crippen LogP contribution in [0, 0.1) is 0 Å². The van der Waals surface area contributed by atoms with Gasteiger partial charge in [-0.1, -0.05) is 37.4 Å². The zero-order valence-corrected chi connectivity index (χ0v) is 9.70. The van der Waals surface area contributed by atoms with Crippen LogP contribution < -0.4 is 10.6 Å². The molecule has 0 saturated heterocycles. The molecule has 1 aromatic rings. The molecule has 1 heterocycles. The van der Waals surface area contributed by atoms with Gasteiger partial charge in [0.1, 0.15) is 0 Å². The lowest BCUT2D eigenvalue weighted by atomic mass is 9.92. The predicted molar refractivity (Wildman–Crippen MR) is 69.3 cm³/mol. The van der Waals surface area contributed by atoms with Crippen LogP contribution in [0.2, 0.25) is 0 Å². The third-order valence-electron chi connectivity index (χ3n) is 3.04. The van der Waals surface area contributed by atoms with E-state index in [9.17, 15) is 4.79 Å². The van der Waals surface area contributed by atoms with Gasteiger partial charge in [0.2, 0.25) is 6.41 Å². The Balaban J connectivity index is 2.37.